The van der Waals surface area contributed by atoms with Crippen LogP contribution in [0.4, 0.5) is 0 Å². The molecule has 0 amide bonds. The highest BCUT2D eigenvalue weighted by atomic mass is 16.5. The lowest BCUT2D eigenvalue weighted by Crippen LogP contribution is -1.94. The number of hydrogen-bond donors (Lipinski definition) is 0. The standard InChI is InChI=1S/C5H6.C4H8O2/c1-2-4-5-3-1;1-3-4(5)6-2/h1-4H,5H2;3H2,1-2H3. The highest BCUT2D eigenvalue weighted by molar-refractivity contribution is 5.68. The minimum atomic E-state index is -0.157. The van der Waals surface area contributed by atoms with Gasteiger partial charge in [-0.1, -0.05) is 31.2 Å². The first-order valence-corrected chi connectivity index (χ1v) is 3.69. The molecule has 0 aliphatic heterocycles. The maximum atomic E-state index is 9.96. The van der Waals surface area contributed by atoms with Crippen LogP contribution in [-0.4, -0.2) is 13.1 Å². The van der Waals surface area contributed by atoms with Crippen molar-refractivity contribution in [3.05, 3.63) is 24.3 Å². The van der Waals surface area contributed by atoms with Gasteiger partial charge >= 0.3 is 5.97 Å². The number of esters is 1. The first-order valence-electron chi connectivity index (χ1n) is 3.69. The van der Waals surface area contributed by atoms with E-state index >= 15 is 0 Å². The van der Waals surface area contributed by atoms with Crippen molar-refractivity contribution in [2.24, 2.45) is 0 Å². The molecule has 0 radical (unpaired) electrons. The van der Waals surface area contributed by atoms with Gasteiger partial charge in [-0.05, 0) is 6.42 Å². The molecule has 0 heterocycles. The van der Waals surface area contributed by atoms with Crippen LogP contribution < -0.4 is 0 Å². The minimum Gasteiger partial charge on any atom is -0.469 e. The molecule has 0 saturated heterocycles. The fourth-order valence-corrected chi connectivity index (χ4v) is 0.537. The Hall–Kier alpha value is -1.05. The number of carbonyl (C=O) groups is 1. The third-order valence-electron chi connectivity index (χ3n) is 1.17. The van der Waals surface area contributed by atoms with Crippen LogP contribution in [0.2, 0.25) is 0 Å². The molecule has 11 heavy (non-hydrogen) atoms. The maximum absolute atomic E-state index is 9.96. The summed E-state index contributed by atoms with van der Waals surface area (Å²) in [6, 6.07) is 0. The van der Waals surface area contributed by atoms with E-state index in [2.05, 4.69) is 29.0 Å². The summed E-state index contributed by atoms with van der Waals surface area (Å²) in [4.78, 5) is 9.96. The molecule has 62 valence electrons. The molecule has 0 aromatic heterocycles. The second-order valence-corrected chi connectivity index (χ2v) is 2.02. The summed E-state index contributed by atoms with van der Waals surface area (Å²) in [5.41, 5.74) is 0. The van der Waals surface area contributed by atoms with E-state index < -0.39 is 0 Å². The van der Waals surface area contributed by atoms with Crippen LogP contribution in [-0.2, 0) is 9.53 Å². The van der Waals surface area contributed by atoms with Gasteiger partial charge in [0, 0.05) is 6.42 Å². The van der Waals surface area contributed by atoms with Crippen LogP contribution in [0.25, 0.3) is 0 Å². The summed E-state index contributed by atoms with van der Waals surface area (Å²) in [5, 5.41) is 0. The van der Waals surface area contributed by atoms with Gasteiger partial charge in [0.1, 0.15) is 0 Å². The van der Waals surface area contributed by atoms with E-state index in [-0.39, 0.29) is 5.97 Å². The van der Waals surface area contributed by atoms with E-state index in [1.165, 1.54) is 7.11 Å². The monoisotopic (exact) mass is 154 g/mol. The van der Waals surface area contributed by atoms with Crippen molar-refractivity contribution < 1.29 is 9.53 Å². The number of carbonyl (C=O) groups excluding carboxylic acids is 1. The number of allylic oxidation sites excluding steroid dienone is 4. The fraction of sp³-hybridized carbons (Fsp3) is 0.444. The van der Waals surface area contributed by atoms with E-state index in [9.17, 15) is 4.79 Å². The number of methoxy groups -OCH3 is 1. The zero-order valence-electron chi connectivity index (χ0n) is 7.04. The number of rotatable bonds is 1. The van der Waals surface area contributed by atoms with Gasteiger partial charge in [0.2, 0.25) is 0 Å². The van der Waals surface area contributed by atoms with Crippen molar-refractivity contribution in [2.75, 3.05) is 7.11 Å². The van der Waals surface area contributed by atoms with Gasteiger partial charge in [-0.25, -0.2) is 0 Å². The lowest BCUT2D eigenvalue weighted by Gasteiger charge is -1.87. The van der Waals surface area contributed by atoms with Gasteiger partial charge in [0.05, 0.1) is 7.11 Å². The van der Waals surface area contributed by atoms with Gasteiger partial charge in [-0.15, -0.1) is 0 Å². The lowest BCUT2D eigenvalue weighted by atomic mass is 10.5. The molecular weight excluding hydrogens is 140 g/mol. The van der Waals surface area contributed by atoms with Crippen LogP contribution in [0.3, 0.4) is 0 Å². The van der Waals surface area contributed by atoms with Gasteiger partial charge in [-0.3, -0.25) is 4.79 Å². The van der Waals surface area contributed by atoms with Crippen molar-refractivity contribution in [3.8, 4) is 0 Å². The topological polar surface area (TPSA) is 26.3 Å². The Kier molecular flexibility index (Phi) is 6.39. The van der Waals surface area contributed by atoms with E-state index in [0.29, 0.717) is 6.42 Å². The van der Waals surface area contributed by atoms with Gasteiger partial charge in [0.25, 0.3) is 0 Å². The van der Waals surface area contributed by atoms with Crippen molar-refractivity contribution in [2.45, 2.75) is 19.8 Å². The highest BCUT2D eigenvalue weighted by Gasteiger charge is 1.87. The van der Waals surface area contributed by atoms with E-state index in [4.69, 9.17) is 0 Å². The van der Waals surface area contributed by atoms with Crippen LogP contribution in [0.15, 0.2) is 24.3 Å². The van der Waals surface area contributed by atoms with Crippen LogP contribution in [0.5, 0.6) is 0 Å². The molecule has 0 aromatic rings. The summed E-state index contributed by atoms with van der Waals surface area (Å²) in [6.45, 7) is 1.76. The Bertz CT molecular complexity index is 141. The molecule has 0 fully saturated rings. The summed E-state index contributed by atoms with van der Waals surface area (Å²) < 4.78 is 4.26. The predicted molar refractivity (Wildman–Crippen MR) is 45.2 cm³/mol. The van der Waals surface area contributed by atoms with E-state index in [1.807, 2.05) is 0 Å². The quantitative estimate of drug-likeness (QED) is 0.540. The van der Waals surface area contributed by atoms with Gasteiger partial charge in [0.15, 0.2) is 0 Å². The van der Waals surface area contributed by atoms with Gasteiger partial charge in [-0.2, -0.15) is 0 Å². The molecule has 0 saturated carbocycles. The molecule has 0 aromatic carbocycles. The first kappa shape index (κ1) is 9.95. The zero-order valence-corrected chi connectivity index (χ0v) is 7.04. The molecule has 0 unspecified atom stereocenters. The van der Waals surface area contributed by atoms with E-state index in [1.54, 1.807) is 6.92 Å². The average molecular weight is 154 g/mol. The maximum Gasteiger partial charge on any atom is 0.305 e. The molecule has 2 nitrogen and oxygen atoms in total. The Labute approximate surface area is 67.6 Å². The first-order chi connectivity index (χ1) is 5.31. The van der Waals surface area contributed by atoms with Crippen LogP contribution in [0.1, 0.15) is 19.8 Å². The Morgan fingerprint density at radius 3 is 2.09 bits per heavy atom. The van der Waals surface area contributed by atoms with Crippen molar-refractivity contribution >= 4 is 5.97 Å². The van der Waals surface area contributed by atoms with Crippen LogP contribution >= 0.6 is 0 Å². The molecule has 1 aliphatic rings. The predicted octanol–water partition coefficient (Wildman–Crippen LogP) is 2.07. The lowest BCUT2D eigenvalue weighted by molar-refractivity contribution is -0.140. The second-order valence-electron chi connectivity index (χ2n) is 2.02. The second kappa shape index (κ2) is 7.06. The molecule has 1 rings (SSSR count). The third kappa shape index (κ3) is 6.84. The molecule has 1 aliphatic carbocycles. The van der Waals surface area contributed by atoms with Gasteiger partial charge < -0.3 is 4.74 Å². The third-order valence-corrected chi connectivity index (χ3v) is 1.17. The summed E-state index contributed by atoms with van der Waals surface area (Å²) >= 11 is 0. The van der Waals surface area contributed by atoms with Crippen molar-refractivity contribution in [3.63, 3.8) is 0 Å². The number of ether oxygens (including phenoxy) is 1. The zero-order chi connectivity index (χ0) is 8.53. The molecule has 0 N–H and O–H groups in total. The van der Waals surface area contributed by atoms with Crippen LogP contribution in [0, 0.1) is 0 Å². The summed E-state index contributed by atoms with van der Waals surface area (Å²) in [5.74, 6) is -0.157. The van der Waals surface area contributed by atoms with Crippen molar-refractivity contribution in [1.29, 1.82) is 0 Å². The largest absolute Gasteiger partial charge is 0.469 e. The molecular formula is C9H14O2. The summed E-state index contributed by atoms with van der Waals surface area (Å²) in [7, 11) is 1.38. The Morgan fingerprint density at radius 2 is 2.00 bits per heavy atom. The Morgan fingerprint density at radius 1 is 1.45 bits per heavy atom. The normalized spacial score (nSPS) is 12.2. The Balaban J connectivity index is 0.000000183. The fourth-order valence-electron chi connectivity index (χ4n) is 0.537. The minimum absolute atomic E-state index is 0.157. The number of hydrogen-bond acceptors (Lipinski definition) is 2. The SMILES string of the molecule is C1=CCC=C1.CCC(=O)OC. The molecule has 0 spiro atoms. The average Bonchev–Trinajstić information content (AvgIpc) is 2.60. The van der Waals surface area contributed by atoms with E-state index in [0.717, 1.165) is 6.42 Å². The van der Waals surface area contributed by atoms with Crippen molar-refractivity contribution in [1.82, 2.24) is 0 Å². The molecule has 0 atom stereocenters. The molecule has 2 heteroatoms. The smallest absolute Gasteiger partial charge is 0.305 e. The summed E-state index contributed by atoms with van der Waals surface area (Å²) in [6.07, 6.45) is 9.97. The molecule has 0 bridgehead atoms. The highest BCUT2D eigenvalue weighted by Crippen LogP contribution is 1.93.